The van der Waals surface area contributed by atoms with Gasteiger partial charge in [-0.1, -0.05) is 32.9 Å². The van der Waals surface area contributed by atoms with Crippen LogP contribution in [0, 0.1) is 17.0 Å². The first-order valence-corrected chi connectivity index (χ1v) is 15.6. The molecule has 0 aliphatic heterocycles. The van der Waals surface area contributed by atoms with Crippen LogP contribution in [0.5, 0.6) is 5.75 Å². The molecule has 0 fully saturated rings. The molecule has 0 aromatic heterocycles. The van der Waals surface area contributed by atoms with Crippen LogP contribution in [0.15, 0.2) is 105 Å². The number of azo groups is 1. The van der Waals surface area contributed by atoms with E-state index in [2.05, 4.69) is 15.5 Å². The quantitative estimate of drug-likeness (QED) is 0.0632. The highest BCUT2D eigenvalue weighted by Gasteiger charge is 2.21. The molecule has 0 saturated heterocycles. The van der Waals surface area contributed by atoms with Crippen LogP contribution in [-0.4, -0.2) is 26.3 Å². The van der Waals surface area contributed by atoms with E-state index < -0.39 is 35.7 Å². The van der Waals surface area contributed by atoms with Crippen molar-refractivity contribution in [2.45, 2.75) is 42.9 Å². The van der Waals surface area contributed by atoms with Gasteiger partial charge < -0.3 is 9.50 Å². The predicted molar refractivity (Wildman–Crippen MR) is 161 cm³/mol. The van der Waals surface area contributed by atoms with Gasteiger partial charge in [-0.05, 0) is 90.2 Å². The van der Waals surface area contributed by atoms with E-state index in [1.54, 1.807) is 55.5 Å². The molecule has 0 unspecified atom stereocenters. The molecular formula is C29H28N4O8S2. The minimum Gasteiger partial charge on any atom is -0.379 e. The van der Waals surface area contributed by atoms with E-state index in [0.29, 0.717) is 22.6 Å². The second kappa shape index (κ2) is 11.9. The lowest BCUT2D eigenvalue weighted by Crippen LogP contribution is -2.13. The fraction of sp³-hybridized carbons (Fsp3) is 0.172. The molecule has 0 aliphatic rings. The van der Waals surface area contributed by atoms with Crippen molar-refractivity contribution in [3.05, 3.63) is 106 Å². The smallest absolute Gasteiger partial charge is 0.339 e. The number of hydrogen-bond donors (Lipinski definition) is 2. The van der Waals surface area contributed by atoms with Gasteiger partial charge in [-0.15, -0.1) is 0 Å². The number of nitrogens with zero attached hydrogens (tertiary/aromatic N) is 3. The summed E-state index contributed by atoms with van der Waals surface area (Å²) in [6, 6.07) is 20.6. The second-order valence-electron chi connectivity index (χ2n) is 10.5. The van der Waals surface area contributed by atoms with Crippen LogP contribution in [-0.2, 0) is 25.7 Å². The molecule has 2 N–H and O–H groups in total. The van der Waals surface area contributed by atoms with Gasteiger partial charge in [0.1, 0.15) is 21.2 Å². The molecular weight excluding hydrogens is 596 g/mol. The number of rotatable bonds is 9. The third kappa shape index (κ3) is 7.80. The molecule has 14 heteroatoms. The lowest BCUT2D eigenvalue weighted by molar-refractivity contribution is -0.384. The Morgan fingerprint density at radius 2 is 1.47 bits per heavy atom. The highest BCUT2D eigenvalue weighted by molar-refractivity contribution is 7.87. The van der Waals surface area contributed by atoms with Crippen LogP contribution in [0.3, 0.4) is 0 Å². The number of nitro benzene ring substituents is 1. The zero-order valence-electron chi connectivity index (χ0n) is 23.5. The number of benzene rings is 4. The van der Waals surface area contributed by atoms with Gasteiger partial charge >= 0.3 is 10.1 Å². The zero-order valence-corrected chi connectivity index (χ0v) is 25.2. The fourth-order valence-electron chi connectivity index (χ4n) is 3.90. The van der Waals surface area contributed by atoms with Crippen LogP contribution >= 0.6 is 0 Å². The zero-order chi connectivity index (χ0) is 31.6. The van der Waals surface area contributed by atoms with E-state index in [4.69, 9.17) is 8.74 Å². The predicted octanol–water partition coefficient (Wildman–Crippen LogP) is 7.37. The number of anilines is 2. The van der Waals surface area contributed by atoms with Crippen molar-refractivity contribution in [3.63, 3.8) is 0 Å². The summed E-state index contributed by atoms with van der Waals surface area (Å²) in [6.07, 6.45) is 0. The fourth-order valence-corrected chi connectivity index (χ4v) is 5.32. The van der Waals surface area contributed by atoms with Crippen LogP contribution in [0.4, 0.5) is 28.4 Å². The standard InChI is InChI=1S/C29H28N4O8S2/c1-19-17-23(41-43(39,40)24-12-5-20(6-13-24)29(2,3)4)11-15-26(19)32-31-22-9-7-21(8-10-22)30-27-16-14-25(42(36,37)38)18-28(27)33(34)35/h5-18,30H,1-4H3,(H,36,37,38)/b32-31+. The average molecular weight is 625 g/mol. The van der Waals surface area contributed by atoms with Gasteiger partial charge in [-0.25, -0.2) is 0 Å². The van der Waals surface area contributed by atoms with Crippen LogP contribution in [0.25, 0.3) is 0 Å². The summed E-state index contributed by atoms with van der Waals surface area (Å²) in [5, 5.41) is 22.7. The topological polar surface area (TPSA) is 178 Å². The Labute approximate surface area is 249 Å². The molecule has 224 valence electrons. The Hall–Kier alpha value is -4.66. The van der Waals surface area contributed by atoms with Gasteiger partial charge in [0.05, 0.1) is 16.3 Å². The first kappa shape index (κ1) is 31.3. The van der Waals surface area contributed by atoms with Crippen LogP contribution in [0.2, 0.25) is 0 Å². The van der Waals surface area contributed by atoms with Crippen LogP contribution < -0.4 is 9.50 Å². The number of hydrogen-bond acceptors (Lipinski definition) is 10. The Balaban J connectivity index is 1.44. The highest BCUT2D eigenvalue weighted by Crippen LogP contribution is 2.32. The SMILES string of the molecule is Cc1cc(OS(=O)(=O)c2ccc(C(C)(C)C)cc2)ccc1/N=N/c1ccc(Nc2ccc(S(=O)(=O)O)cc2[N+](=O)[O-])cc1. The van der Waals surface area contributed by atoms with Crippen molar-refractivity contribution < 1.29 is 30.5 Å². The molecule has 0 bridgehead atoms. The van der Waals surface area contributed by atoms with E-state index in [9.17, 15) is 26.9 Å². The summed E-state index contributed by atoms with van der Waals surface area (Å²) >= 11 is 0. The molecule has 0 aliphatic carbocycles. The summed E-state index contributed by atoms with van der Waals surface area (Å²) in [4.78, 5) is 10.1. The van der Waals surface area contributed by atoms with Crippen molar-refractivity contribution in [2.75, 3.05) is 5.32 Å². The maximum atomic E-state index is 12.8. The minimum absolute atomic E-state index is 0.0219. The molecule has 0 heterocycles. The van der Waals surface area contributed by atoms with E-state index in [0.717, 1.165) is 17.7 Å². The summed E-state index contributed by atoms with van der Waals surface area (Å²) in [7, 11) is -8.64. The van der Waals surface area contributed by atoms with Gasteiger partial charge in [-0.2, -0.15) is 27.1 Å². The lowest BCUT2D eigenvalue weighted by Gasteiger charge is -2.19. The van der Waals surface area contributed by atoms with Gasteiger partial charge in [0, 0.05) is 11.8 Å². The lowest BCUT2D eigenvalue weighted by atomic mass is 9.87. The molecule has 12 nitrogen and oxygen atoms in total. The largest absolute Gasteiger partial charge is 0.379 e. The Morgan fingerprint density at radius 1 is 0.837 bits per heavy atom. The van der Waals surface area contributed by atoms with Gasteiger partial charge in [-0.3, -0.25) is 14.7 Å². The molecule has 0 spiro atoms. The van der Waals surface area contributed by atoms with Crippen molar-refractivity contribution in [3.8, 4) is 5.75 Å². The normalized spacial score (nSPS) is 12.3. The van der Waals surface area contributed by atoms with Crippen LogP contribution in [0.1, 0.15) is 31.9 Å². The third-order valence-electron chi connectivity index (χ3n) is 6.27. The Kier molecular flexibility index (Phi) is 8.67. The number of nitro groups is 1. The van der Waals surface area contributed by atoms with Gasteiger partial charge in [0.25, 0.3) is 15.8 Å². The molecule has 43 heavy (non-hydrogen) atoms. The first-order valence-electron chi connectivity index (χ1n) is 12.7. The maximum Gasteiger partial charge on any atom is 0.339 e. The monoisotopic (exact) mass is 624 g/mol. The summed E-state index contributed by atoms with van der Waals surface area (Å²) < 4.78 is 62.7. The third-order valence-corrected chi connectivity index (χ3v) is 8.38. The molecule has 4 aromatic rings. The Bertz CT molecular complexity index is 1920. The molecule has 0 radical (unpaired) electrons. The molecule has 0 atom stereocenters. The van der Waals surface area contributed by atoms with Crippen molar-refractivity contribution in [1.82, 2.24) is 0 Å². The number of aryl methyl sites for hydroxylation is 1. The molecule has 4 rings (SSSR count). The minimum atomic E-state index is -4.60. The van der Waals surface area contributed by atoms with Crippen molar-refractivity contribution in [1.29, 1.82) is 0 Å². The van der Waals surface area contributed by atoms with E-state index in [1.165, 1.54) is 24.3 Å². The van der Waals surface area contributed by atoms with Crippen molar-refractivity contribution >= 4 is 48.7 Å². The first-order chi connectivity index (χ1) is 20.0. The summed E-state index contributed by atoms with van der Waals surface area (Å²) in [5.41, 5.74) is 2.39. The van der Waals surface area contributed by atoms with Crippen molar-refractivity contribution in [2.24, 2.45) is 10.2 Å². The van der Waals surface area contributed by atoms with E-state index in [-0.39, 0.29) is 21.7 Å². The van der Waals surface area contributed by atoms with E-state index >= 15 is 0 Å². The molecule has 0 amide bonds. The van der Waals surface area contributed by atoms with E-state index in [1.807, 2.05) is 20.8 Å². The summed E-state index contributed by atoms with van der Waals surface area (Å²) in [5.74, 6) is 0.130. The number of nitrogens with one attached hydrogen (secondary N) is 1. The molecule has 0 saturated carbocycles. The Morgan fingerprint density at radius 3 is 2.02 bits per heavy atom. The maximum absolute atomic E-state index is 12.8. The van der Waals surface area contributed by atoms with Gasteiger partial charge in [0.15, 0.2) is 0 Å². The average Bonchev–Trinajstić information content (AvgIpc) is 2.92. The molecule has 4 aromatic carbocycles. The second-order valence-corrected chi connectivity index (χ2v) is 13.5. The van der Waals surface area contributed by atoms with Gasteiger partial charge in [0.2, 0.25) is 0 Å². The summed E-state index contributed by atoms with van der Waals surface area (Å²) in [6.45, 7) is 7.85. The highest BCUT2D eigenvalue weighted by atomic mass is 32.2.